The van der Waals surface area contributed by atoms with Gasteiger partial charge in [-0.1, -0.05) is 0 Å². The fraction of sp³-hybridized carbons (Fsp3) is 0.800. The third-order valence-electron chi connectivity index (χ3n) is 0.790. The standard InChI is InChI=1S/C5H11NO2/c1-5(8)2-3-6-4-7/h4-5,8H,2-3H2,1H3,(H,6,7). The van der Waals surface area contributed by atoms with Gasteiger partial charge in [0.05, 0.1) is 6.10 Å². The van der Waals surface area contributed by atoms with Crippen LogP contribution in [0.3, 0.4) is 0 Å². The summed E-state index contributed by atoms with van der Waals surface area (Å²) in [6, 6.07) is 0. The summed E-state index contributed by atoms with van der Waals surface area (Å²) in [5, 5.41) is 11.1. The van der Waals surface area contributed by atoms with Crippen molar-refractivity contribution in [1.82, 2.24) is 5.32 Å². The Morgan fingerprint density at radius 2 is 2.50 bits per heavy atom. The molecule has 3 heteroatoms. The Labute approximate surface area is 48.7 Å². The van der Waals surface area contributed by atoms with Crippen molar-refractivity contribution in [1.29, 1.82) is 0 Å². The minimum absolute atomic E-state index is 0.317. The second-order valence-electron chi connectivity index (χ2n) is 1.71. The molecule has 0 rings (SSSR count). The van der Waals surface area contributed by atoms with Crippen molar-refractivity contribution in [3.63, 3.8) is 0 Å². The zero-order chi connectivity index (χ0) is 6.41. The van der Waals surface area contributed by atoms with E-state index in [1.54, 1.807) is 6.92 Å². The molecule has 0 fully saturated rings. The maximum atomic E-state index is 9.59. The summed E-state index contributed by atoms with van der Waals surface area (Å²) in [5.41, 5.74) is 0. The summed E-state index contributed by atoms with van der Waals surface area (Å²) in [5.74, 6) is 0. The van der Waals surface area contributed by atoms with E-state index >= 15 is 0 Å². The molecular weight excluding hydrogens is 106 g/mol. The number of hydrogen-bond acceptors (Lipinski definition) is 2. The molecule has 0 aromatic heterocycles. The highest BCUT2D eigenvalue weighted by Crippen LogP contribution is 1.83. The van der Waals surface area contributed by atoms with Gasteiger partial charge in [0.2, 0.25) is 6.41 Å². The van der Waals surface area contributed by atoms with Crippen LogP contribution in [0.15, 0.2) is 0 Å². The highest BCUT2D eigenvalue weighted by atomic mass is 16.3. The van der Waals surface area contributed by atoms with Crippen LogP contribution in [0.4, 0.5) is 0 Å². The van der Waals surface area contributed by atoms with Crippen LogP contribution in [0.5, 0.6) is 0 Å². The van der Waals surface area contributed by atoms with Crippen LogP contribution in [0, 0.1) is 0 Å². The summed E-state index contributed by atoms with van der Waals surface area (Å²) in [6.07, 6.45) is 0.934. The van der Waals surface area contributed by atoms with Crippen molar-refractivity contribution in [2.24, 2.45) is 0 Å². The maximum absolute atomic E-state index is 9.59. The van der Waals surface area contributed by atoms with E-state index in [1.807, 2.05) is 0 Å². The largest absolute Gasteiger partial charge is 0.393 e. The van der Waals surface area contributed by atoms with Gasteiger partial charge in [0.25, 0.3) is 0 Å². The summed E-state index contributed by atoms with van der Waals surface area (Å²) >= 11 is 0. The first kappa shape index (κ1) is 7.43. The summed E-state index contributed by atoms with van der Waals surface area (Å²) in [4.78, 5) is 9.59. The Kier molecular flexibility index (Phi) is 4.26. The van der Waals surface area contributed by atoms with E-state index in [2.05, 4.69) is 5.32 Å². The molecule has 0 heterocycles. The molecule has 8 heavy (non-hydrogen) atoms. The van der Waals surface area contributed by atoms with Gasteiger partial charge in [-0.2, -0.15) is 0 Å². The van der Waals surface area contributed by atoms with Gasteiger partial charge >= 0.3 is 0 Å². The van der Waals surface area contributed by atoms with Crippen molar-refractivity contribution in [3.05, 3.63) is 0 Å². The number of aliphatic hydroxyl groups excluding tert-OH is 1. The fourth-order valence-electron chi connectivity index (χ4n) is 0.351. The Morgan fingerprint density at radius 1 is 1.88 bits per heavy atom. The zero-order valence-corrected chi connectivity index (χ0v) is 4.92. The van der Waals surface area contributed by atoms with E-state index in [9.17, 15) is 4.79 Å². The van der Waals surface area contributed by atoms with Crippen LogP contribution in [-0.2, 0) is 4.79 Å². The Morgan fingerprint density at radius 3 is 2.88 bits per heavy atom. The average Bonchev–Trinajstić information content (AvgIpc) is 1.66. The molecule has 0 saturated carbocycles. The lowest BCUT2D eigenvalue weighted by molar-refractivity contribution is -0.109. The molecule has 0 aromatic carbocycles. The maximum Gasteiger partial charge on any atom is 0.207 e. The first-order valence-corrected chi connectivity index (χ1v) is 2.62. The number of hydrogen-bond donors (Lipinski definition) is 2. The molecule has 1 unspecified atom stereocenters. The smallest absolute Gasteiger partial charge is 0.207 e. The van der Waals surface area contributed by atoms with Crippen LogP contribution in [0.2, 0.25) is 0 Å². The predicted molar refractivity (Wildman–Crippen MR) is 30.4 cm³/mol. The van der Waals surface area contributed by atoms with Crippen LogP contribution in [0.1, 0.15) is 13.3 Å². The quantitative estimate of drug-likeness (QED) is 0.385. The first-order valence-electron chi connectivity index (χ1n) is 2.62. The highest BCUT2D eigenvalue weighted by molar-refractivity contribution is 5.45. The van der Waals surface area contributed by atoms with Crippen molar-refractivity contribution in [2.45, 2.75) is 19.4 Å². The number of aliphatic hydroxyl groups is 1. The minimum Gasteiger partial charge on any atom is -0.393 e. The molecule has 0 spiro atoms. The van der Waals surface area contributed by atoms with Crippen molar-refractivity contribution in [2.75, 3.05) is 6.54 Å². The number of rotatable bonds is 4. The lowest BCUT2D eigenvalue weighted by atomic mass is 10.3. The van der Waals surface area contributed by atoms with Crippen molar-refractivity contribution < 1.29 is 9.90 Å². The number of carbonyl (C=O) groups is 1. The molecule has 0 radical (unpaired) electrons. The molecule has 1 atom stereocenters. The lowest BCUT2D eigenvalue weighted by Crippen LogP contribution is -2.16. The van der Waals surface area contributed by atoms with Gasteiger partial charge < -0.3 is 10.4 Å². The van der Waals surface area contributed by atoms with Gasteiger partial charge in [-0.05, 0) is 13.3 Å². The van der Waals surface area contributed by atoms with Crippen molar-refractivity contribution in [3.8, 4) is 0 Å². The third kappa shape index (κ3) is 5.43. The normalized spacial score (nSPS) is 12.8. The molecule has 0 aliphatic heterocycles. The summed E-state index contributed by atoms with van der Waals surface area (Å²) < 4.78 is 0. The van der Waals surface area contributed by atoms with Crippen LogP contribution < -0.4 is 5.32 Å². The van der Waals surface area contributed by atoms with Crippen LogP contribution >= 0.6 is 0 Å². The SMILES string of the molecule is CC(O)CCNC=O. The topological polar surface area (TPSA) is 49.3 Å². The number of amides is 1. The van der Waals surface area contributed by atoms with Gasteiger partial charge in [-0.15, -0.1) is 0 Å². The minimum atomic E-state index is -0.317. The monoisotopic (exact) mass is 117 g/mol. The molecule has 1 amide bonds. The van der Waals surface area contributed by atoms with Crippen LogP contribution in [0.25, 0.3) is 0 Å². The van der Waals surface area contributed by atoms with E-state index in [1.165, 1.54) is 0 Å². The van der Waals surface area contributed by atoms with E-state index in [-0.39, 0.29) is 6.10 Å². The second kappa shape index (κ2) is 4.59. The average molecular weight is 117 g/mol. The van der Waals surface area contributed by atoms with E-state index in [4.69, 9.17) is 5.11 Å². The molecule has 0 aliphatic rings. The Hall–Kier alpha value is -0.570. The predicted octanol–water partition coefficient (Wildman–Crippen LogP) is -0.497. The first-order chi connectivity index (χ1) is 3.77. The van der Waals surface area contributed by atoms with Gasteiger partial charge in [0.15, 0.2) is 0 Å². The van der Waals surface area contributed by atoms with E-state index in [0.717, 1.165) is 0 Å². The van der Waals surface area contributed by atoms with E-state index < -0.39 is 0 Å². The second-order valence-corrected chi connectivity index (χ2v) is 1.71. The third-order valence-corrected chi connectivity index (χ3v) is 0.790. The molecule has 48 valence electrons. The molecule has 0 saturated heterocycles. The molecule has 0 aliphatic carbocycles. The summed E-state index contributed by atoms with van der Waals surface area (Å²) in [7, 11) is 0. The molecule has 0 aromatic rings. The van der Waals surface area contributed by atoms with Crippen molar-refractivity contribution >= 4 is 6.41 Å². The molecule has 2 N–H and O–H groups in total. The molecule has 3 nitrogen and oxygen atoms in total. The zero-order valence-electron chi connectivity index (χ0n) is 4.92. The van der Waals surface area contributed by atoms with Gasteiger partial charge in [-0.3, -0.25) is 4.79 Å². The summed E-state index contributed by atoms with van der Waals surface area (Å²) in [6.45, 7) is 2.24. The van der Waals surface area contributed by atoms with Gasteiger partial charge in [0, 0.05) is 6.54 Å². The number of nitrogens with one attached hydrogen (secondary N) is 1. The molecule has 0 bridgehead atoms. The van der Waals surface area contributed by atoms with Gasteiger partial charge in [-0.25, -0.2) is 0 Å². The van der Waals surface area contributed by atoms with E-state index in [0.29, 0.717) is 19.4 Å². The molecular formula is C5H11NO2. The highest BCUT2D eigenvalue weighted by Gasteiger charge is 1.91. The Bertz CT molecular complexity index is 63.4. The van der Waals surface area contributed by atoms with Gasteiger partial charge in [0.1, 0.15) is 0 Å². The number of carbonyl (C=O) groups excluding carboxylic acids is 1. The van der Waals surface area contributed by atoms with Crippen LogP contribution in [-0.4, -0.2) is 24.2 Å². The fourth-order valence-corrected chi connectivity index (χ4v) is 0.351. The Balaban J connectivity index is 2.81. The lowest BCUT2D eigenvalue weighted by Gasteiger charge is -2.00.